The highest BCUT2D eigenvalue weighted by Gasteiger charge is 2.28. The molecule has 0 saturated heterocycles. The molecule has 0 saturated carbocycles. The molecular formula is C86H182N2O8P2. The second kappa shape index (κ2) is 76.8. The van der Waals surface area contributed by atoms with Crippen LogP contribution in [-0.4, -0.2) is 87.8 Å². The summed E-state index contributed by atoms with van der Waals surface area (Å²) in [6.07, 6.45) is 74.8. The van der Waals surface area contributed by atoms with Gasteiger partial charge in [-0.1, -0.05) is 328 Å². The highest BCUT2D eigenvalue weighted by Crippen LogP contribution is 2.42. The first-order chi connectivity index (χ1) is 47.5. The third-order valence-electron chi connectivity index (χ3n) is 22.0. The van der Waals surface area contributed by atoms with E-state index >= 15 is 0 Å². The average molecular weight is 1430 g/mol. The summed E-state index contributed by atoms with van der Waals surface area (Å²) in [6.45, 7) is 43.8. The number of rotatable bonds is 77. The third-order valence-corrected chi connectivity index (χ3v) is 23.8. The Morgan fingerprint density at radius 1 is 0.214 bits per heavy atom. The molecule has 0 aliphatic carbocycles. The zero-order valence-electron chi connectivity index (χ0n) is 69.4. The Labute approximate surface area is 617 Å². The van der Waals surface area contributed by atoms with Crippen molar-refractivity contribution in [3.63, 3.8) is 0 Å². The highest BCUT2D eigenvalue weighted by molar-refractivity contribution is 7.46. The average Bonchev–Trinajstić information content (AvgIpc) is 0.896. The number of phosphoric acid groups is 2. The molecule has 10 nitrogen and oxygen atoms in total. The standard InChI is InChI=1S/C54H114N2.2C16H35O4P/c1-7-13-19-25-31-39-47-55(48-40-32-26-20-14-8-2,49-41-33-27-21-15-9-3)53-45-37-38-46-54-56(50-42-34-28-22-16-10-4,51-43-35-29-23-17-11-5)52-44-36-30-24-18-12-6;2*1-5-9-11-15(7-3)13-19-21(17,18)20-14-16(8-4)12-10-6-2/h7-54H2,1-6H3;2*15-16H,5-14H2,1-4H3,(H,17,18)/q+2;;/p-2. The fraction of sp³-hybridized carbons (Fsp3) is 1.00. The maximum atomic E-state index is 11.8. The molecule has 0 aromatic carbocycles. The fourth-order valence-electron chi connectivity index (χ4n) is 14.4. The first-order valence-electron chi connectivity index (χ1n) is 44.4. The Hall–Kier alpha value is 0.140. The van der Waals surface area contributed by atoms with Crippen molar-refractivity contribution in [1.82, 2.24) is 0 Å². The van der Waals surface area contributed by atoms with Crippen molar-refractivity contribution in [2.24, 2.45) is 23.7 Å². The van der Waals surface area contributed by atoms with Crippen LogP contribution >= 0.6 is 15.6 Å². The minimum absolute atomic E-state index is 0.253. The first-order valence-corrected chi connectivity index (χ1v) is 47.4. The SMILES string of the molecule is CCCCC(CC)COP(=O)([O-])OCC(CC)CCCC.CCCCC(CC)COP(=O)([O-])OCC(CC)CCCC.CCCCCCCC[N+](CCCCCCCC)(CCCCCCCC)CCCCCC[N+](CCCCCCCC)(CCCCCCCC)CCCCCCCC. The van der Waals surface area contributed by atoms with Gasteiger partial charge in [0.05, 0.1) is 78.8 Å². The molecule has 4 unspecified atom stereocenters. The lowest BCUT2D eigenvalue weighted by molar-refractivity contribution is -0.929. The zero-order chi connectivity index (χ0) is 73.2. The maximum absolute atomic E-state index is 11.8. The van der Waals surface area contributed by atoms with E-state index < -0.39 is 15.6 Å². The van der Waals surface area contributed by atoms with Crippen molar-refractivity contribution in [2.45, 2.75) is 456 Å². The fourth-order valence-corrected chi connectivity index (χ4v) is 16.1. The molecule has 0 bridgehead atoms. The van der Waals surface area contributed by atoms with Crippen molar-refractivity contribution in [3.05, 3.63) is 0 Å². The summed E-state index contributed by atoms with van der Waals surface area (Å²) in [4.78, 5) is 23.6. The van der Waals surface area contributed by atoms with Crippen LogP contribution in [0.3, 0.4) is 0 Å². The van der Waals surface area contributed by atoms with Gasteiger partial charge < -0.3 is 36.8 Å². The Morgan fingerprint density at radius 3 is 0.480 bits per heavy atom. The second-order valence-electron chi connectivity index (χ2n) is 31.2. The molecule has 0 heterocycles. The van der Waals surface area contributed by atoms with Crippen LogP contribution in [0.1, 0.15) is 456 Å². The van der Waals surface area contributed by atoms with Gasteiger partial charge in [-0.15, -0.1) is 0 Å². The summed E-state index contributed by atoms with van der Waals surface area (Å²) >= 11 is 0. The maximum Gasteiger partial charge on any atom is 0.267 e. The van der Waals surface area contributed by atoms with Gasteiger partial charge >= 0.3 is 0 Å². The number of quaternary nitrogens is 2. The summed E-state index contributed by atoms with van der Waals surface area (Å²) in [5.74, 6) is 1.21. The molecule has 4 atom stereocenters. The molecule has 594 valence electrons. The van der Waals surface area contributed by atoms with Crippen LogP contribution in [0.5, 0.6) is 0 Å². The van der Waals surface area contributed by atoms with Gasteiger partial charge in [0.2, 0.25) is 0 Å². The van der Waals surface area contributed by atoms with Crippen LogP contribution in [0.2, 0.25) is 0 Å². The van der Waals surface area contributed by atoms with Gasteiger partial charge in [0.1, 0.15) is 0 Å². The van der Waals surface area contributed by atoms with Crippen LogP contribution in [0.25, 0.3) is 0 Å². The highest BCUT2D eigenvalue weighted by atomic mass is 31.2. The van der Waals surface area contributed by atoms with Gasteiger partial charge in [-0.2, -0.15) is 0 Å². The second-order valence-corrected chi connectivity index (χ2v) is 34.1. The van der Waals surface area contributed by atoms with E-state index in [0.29, 0.717) is 23.7 Å². The Bertz CT molecular complexity index is 1400. The Balaban J connectivity index is -0.00000174. The molecule has 0 aromatic rings. The van der Waals surface area contributed by atoms with E-state index in [1.165, 1.54) is 318 Å². The van der Waals surface area contributed by atoms with Gasteiger partial charge in [-0.3, -0.25) is 9.13 Å². The molecule has 0 aromatic heterocycles. The number of hydrogen-bond donors (Lipinski definition) is 0. The van der Waals surface area contributed by atoms with Crippen molar-refractivity contribution >= 4 is 15.6 Å². The number of unbranched alkanes of at least 4 members (excludes halogenated alkanes) is 37. The number of phosphoric ester groups is 2. The minimum Gasteiger partial charge on any atom is -0.756 e. The van der Waals surface area contributed by atoms with E-state index in [9.17, 15) is 18.9 Å². The molecule has 0 N–H and O–H groups in total. The van der Waals surface area contributed by atoms with Gasteiger partial charge in [0.15, 0.2) is 0 Å². The monoisotopic (exact) mass is 1430 g/mol. The summed E-state index contributed by atoms with van der Waals surface area (Å²) in [5, 5.41) is 0. The first kappa shape index (κ1) is 102. The Morgan fingerprint density at radius 2 is 0.347 bits per heavy atom. The molecule has 0 spiro atoms. The summed E-state index contributed by atoms with van der Waals surface area (Å²) in [5.41, 5.74) is 0. The molecule has 12 heteroatoms. The van der Waals surface area contributed by atoms with E-state index in [4.69, 9.17) is 18.1 Å². The normalized spacial score (nSPS) is 14.5. The molecule has 0 radical (unpaired) electrons. The molecule has 0 aliphatic rings. The number of hydrogen-bond acceptors (Lipinski definition) is 8. The minimum atomic E-state index is -4.14. The molecular weight excluding hydrogens is 1250 g/mol. The van der Waals surface area contributed by atoms with Crippen LogP contribution in [0.4, 0.5) is 0 Å². The topological polar surface area (TPSA) is 117 Å². The van der Waals surface area contributed by atoms with Crippen LogP contribution < -0.4 is 9.79 Å². The van der Waals surface area contributed by atoms with Crippen molar-refractivity contribution in [3.8, 4) is 0 Å². The molecule has 0 amide bonds. The zero-order valence-corrected chi connectivity index (χ0v) is 71.2. The summed E-state index contributed by atoms with van der Waals surface area (Å²) < 4.78 is 46.8. The van der Waals surface area contributed by atoms with Gasteiger partial charge in [0, 0.05) is 0 Å². The summed E-state index contributed by atoms with van der Waals surface area (Å²) in [6, 6.07) is 0. The van der Waals surface area contributed by atoms with E-state index in [1.54, 1.807) is 0 Å². The molecule has 98 heavy (non-hydrogen) atoms. The lowest BCUT2D eigenvalue weighted by Crippen LogP contribution is -2.51. The van der Waals surface area contributed by atoms with Crippen molar-refractivity contribution in [1.29, 1.82) is 0 Å². The quantitative estimate of drug-likeness (QED) is 0.0336. The molecule has 0 aliphatic heterocycles. The van der Waals surface area contributed by atoms with Gasteiger partial charge in [-0.05, 0) is 152 Å². The van der Waals surface area contributed by atoms with E-state index in [2.05, 4.69) is 96.9 Å². The van der Waals surface area contributed by atoms with E-state index in [1.807, 2.05) is 0 Å². The van der Waals surface area contributed by atoms with E-state index in [-0.39, 0.29) is 26.4 Å². The lowest BCUT2D eigenvalue weighted by atomic mass is 10.0. The largest absolute Gasteiger partial charge is 0.756 e. The van der Waals surface area contributed by atoms with Crippen LogP contribution in [0, 0.1) is 23.7 Å². The van der Waals surface area contributed by atoms with Crippen molar-refractivity contribution < 1.29 is 46.0 Å². The Kier molecular flexibility index (Phi) is 80.2. The third kappa shape index (κ3) is 68.0. The molecule has 0 fully saturated rings. The summed E-state index contributed by atoms with van der Waals surface area (Å²) in [7, 11) is -8.28. The van der Waals surface area contributed by atoms with Crippen LogP contribution in [-0.2, 0) is 27.2 Å². The van der Waals surface area contributed by atoms with Crippen LogP contribution in [0.15, 0.2) is 0 Å². The predicted molar refractivity (Wildman–Crippen MR) is 430 cm³/mol. The van der Waals surface area contributed by atoms with Crippen molar-refractivity contribution in [2.75, 3.05) is 78.8 Å². The molecule has 0 rings (SSSR count). The number of nitrogens with zero attached hydrogens (tertiary/aromatic N) is 2. The van der Waals surface area contributed by atoms with E-state index in [0.717, 1.165) is 103 Å². The lowest BCUT2D eigenvalue weighted by Gasteiger charge is -2.40. The van der Waals surface area contributed by atoms with Gasteiger partial charge in [0.25, 0.3) is 15.6 Å². The smallest absolute Gasteiger partial charge is 0.267 e. The van der Waals surface area contributed by atoms with Gasteiger partial charge in [-0.25, -0.2) is 0 Å². The predicted octanol–water partition coefficient (Wildman–Crippen LogP) is 28.2.